The van der Waals surface area contributed by atoms with Gasteiger partial charge in [0.15, 0.2) is 11.5 Å². The Hall–Kier alpha value is -1.97. The maximum absolute atomic E-state index is 13.3. The number of benzene rings is 1. The molecule has 0 N–H and O–H groups in total. The van der Waals surface area contributed by atoms with Gasteiger partial charge in [0.25, 0.3) is 5.88 Å². The van der Waals surface area contributed by atoms with E-state index in [1.807, 2.05) is 22.6 Å². The van der Waals surface area contributed by atoms with Crippen molar-refractivity contribution >= 4 is 28.6 Å². The second kappa shape index (κ2) is 6.66. The van der Waals surface area contributed by atoms with Gasteiger partial charge in [-0.2, -0.15) is 0 Å². The standard InChI is InChI=1S/C13H10FIN2O4/c1-19-9-4-3-7(14)5-10(9)21-12-8(13(18)20-2)6-11(15)16-17-12/h3-6H,1-2H3. The lowest BCUT2D eigenvalue weighted by molar-refractivity contribution is 0.0596. The molecule has 21 heavy (non-hydrogen) atoms. The van der Waals surface area contributed by atoms with Crippen molar-refractivity contribution in [2.75, 3.05) is 14.2 Å². The van der Waals surface area contributed by atoms with E-state index < -0.39 is 11.8 Å². The van der Waals surface area contributed by atoms with Gasteiger partial charge in [-0.1, -0.05) is 0 Å². The summed E-state index contributed by atoms with van der Waals surface area (Å²) in [5, 5.41) is 7.59. The summed E-state index contributed by atoms with van der Waals surface area (Å²) in [6, 6.07) is 5.22. The molecule has 1 heterocycles. The van der Waals surface area contributed by atoms with E-state index in [1.165, 1.54) is 32.4 Å². The third-order valence-electron chi connectivity index (χ3n) is 2.47. The second-order valence-electron chi connectivity index (χ2n) is 3.77. The molecule has 0 atom stereocenters. The zero-order valence-electron chi connectivity index (χ0n) is 11.1. The minimum atomic E-state index is -0.631. The first-order valence-electron chi connectivity index (χ1n) is 5.68. The number of carbonyl (C=O) groups excluding carboxylic acids is 1. The minimum Gasteiger partial charge on any atom is -0.493 e. The topological polar surface area (TPSA) is 70.5 Å². The highest BCUT2D eigenvalue weighted by Gasteiger charge is 2.18. The van der Waals surface area contributed by atoms with Gasteiger partial charge in [-0.25, -0.2) is 9.18 Å². The number of rotatable bonds is 4. The fourth-order valence-corrected chi connectivity index (χ4v) is 1.94. The summed E-state index contributed by atoms with van der Waals surface area (Å²) in [5.41, 5.74) is 0.0863. The van der Waals surface area contributed by atoms with E-state index in [0.29, 0.717) is 9.45 Å². The van der Waals surface area contributed by atoms with Crippen LogP contribution in [0.1, 0.15) is 10.4 Å². The lowest BCUT2D eigenvalue weighted by atomic mass is 10.3. The molecule has 1 aromatic heterocycles. The Balaban J connectivity index is 2.44. The van der Waals surface area contributed by atoms with Gasteiger partial charge in [-0.3, -0.25) is 0 Å². The van der Waals surface area contributed by atoms with Crippen molar-refractivity contribution in [2.45, 2.75) is 0 Å². The van der Waals surface area contributed by atoms with Gasteiger partial charge in [0.05, 0.1) is 14.2 Å². The van der Waals surface area contributed by atoms with Crippen LogP contribution in [0.5, 0.6) is 17.4 Å². The fraction of sp³-hybridized carbons (Fsp3) is 0.154. The summed E-state index contributed by atoms with van der Waals surface area (Å²) in [6.45, 7) is 0. The minimum absolute atomic E-state index is 0.0816. The summed E-state index contributed by atoms with van der Waals surface area (Å²) >= 11 is 1.90. The van der Waals surface area contributed by atoms with Crippen LogP contribution >= 0.6 is 22.6 Å². The van der Waals surface area contributed by atoms with Gasteiger partial charge < -0.3 is 14.2 Å². The highest BCUT2D eigenvalue weighted by molar-refractivity contribution is 14.1. The molecule has 1 aromatic carbocycles. The van der Waals surface area contributed by atoms with Crippen molar-refractivity contribution in [1.82, 2.24) is 10.2 Å². The number of hydrogen-bond donors (Lipinski definition) is 0. The van der Waals surface area contributed by atoms with E-state index in [9.17, 15) is 9.18 Å². The van der Waals surface area contributed by atoms with Crippen LogP contribution in [-0.2, 0) is 4.74 Å². The molecule has 0 bridgehead atoms. The van der Waals surface area contributed by atoms with Crippen molar-refractivity contribution < 1.29 is 23.4 Å². The first-order valence-corrected chi connectivity index (χ1v) is 6.76. The smallest absolute Gasteiger partial charge is 0.343 e. The molecule has 110 valence electrons. The molecule has 0 amide bonds. The second-order valence-corrected chi connectivity index (χ2v) is 4.88. The lowest BCUT2D eigenvalue weighted by Crippen LogP contribution is -2.07. The number of nitrogens with zero attached hydrogens (tertiary/aromatic N) is 2. The summed E-state index contributed by atoms with van der Waals surface area (Å²) in [6.07, 6.45) is 0. The number of hydrogen-bond acceptors (Lipinski definition) is 6. The van der Waals surface area contributed by atoms with Crippen LogP contribution in [0.3, 0.4) is 0 Å². The zero-order valence-corrected chi connectivity index (χ0v) is 13.3. The van der Waals surface area contributed by atoms with E-state index in [-0.39, 0.29) is 17.2 Å². The Kier molecular flexibility index (Phi) is 4.89. The van der Waals surface area contributed by atoms with Crippen molar-refractivity contribution in [3.8, 4) is 17.4 Å². The van der Waals surface area contributed by atoms with E-state index in [1.54, 1.807) is 0 Å². The molecule has 0 aliphatic heterocycles. The molecule has 0 aliphatic carbocycles. The van der Waals surface area contributed by atoms with Gasteiger partial charge in [-0.15, -0.1) is 10.2 Å². The Bertz CT molecular complexity index is 681. The van der Waals surface area contributed by atoms with Crippen molar-refractivity contribution in [1.29, 1.82) is 0 Å². The molecule has 0 spiro atoms. The van der Waals surface area contributed by atoms with E-state index >= 15 is 0 Å². The summed E-state index contributed by atoms with van der Waals surface area (Å²) in [4.78, 5) is 11.7. The van der Waals surface area contributed by atoms with E-state index in [4.69, 9.17) is 9.47 Å². The predicted molar refractivity (Wildman–Crippen MR) is 79.1 cm³/mol. The quantitative estimate of drug-likeness (QED) is 0.577. The summed E-state index contributed by atoms with van der Waals surface area (Å²) < 4.78 is 29.0. The van der Waals surface area contributed by atoms with Gasteiger partial charge in [-0.05, 0) is 40.8 Å². The highest BCUT2D eigenvalue weighted by atomic mass is 127. The monoisotopic (exact) mass is 404 g/mol. The molecular formula is C13H10FIN2O4. The Morgan fingerprint density at radius 3 is 2.62 bits per heavy atom. The molecule has 6 nitrogen and oxygen atoms in total. The van der Waals surface area contributed by atoms with Crippen molar-refractivity contribution in [2.24, 2.45) is 0 Å². The van der Waals surface area contributed by atoms with Crippen molar-refractivity contribution in [3.05, 3.63) is 39.3 Å². The van der Waals surface area contributed by atoms with Gasteiger partial charge in [0.2, 0.25) is 0 Å². The summed E-state index contributed by atoms with van der Waals surface area (Å²) in [5.74, 6) is -0.853. The summed E-state index contributed by atoms with van der Waals surface area (Å²) in [7, 11) is 2.66. The SMILES string of the molecule is COC(=O)c1cc(I)nnc1Oc1cc(F)ccc1OC. The Labute approximate surface area is 133 Å². The molecule has 0 unspecified atom stereocenters. The van der Waals surface area contributed by atoms with Crippen LogP contribution < -0.4 is 9.47 Å². The number of esters is 1. The van der Waals surface area contributed by atoms with Gasteiger partial charge in [0.1, 0.15) is 15.1 Å². The van der Waals surface area contributed by atoms with Gasteiger partial charge in [0, 0.05) is 6.07 Å². The molecule has 0 fully saturated rings. The molecule has 0 aliphatic rings. The fourth-order valence-electron chi connectivity index (χ4n) is 1.52. The van der Waals surface area contributed by atoms with Crippen LogP contribution in [0.25, 0.3) is 0 Å². The number of methoxy groups -OCH3 is 2. The average Bonchev–Trinajstić information content (AvgIpc) is 2.48. The lowest BCUT2D eigenvalue weighted by Gasteiger charge is -2.11. The number of carbonyl (C=O) groups is 1. The van der Waals surface area contributed by atoms with E-state index in [0.717, 1.165) is 6.07 Å². The Morgan fingerprint density at radius 2 is 1.95 bits per heavy atom. The van der Waals surface area contributed by atoms with Gasteiger partial charge >= 0.3 is 5.97 Å². The number of aromatic nitrogens is 2. The largest absolute Gasteiger partial charge is 0.493 e. The van der Waals surface area contributed by atoms with Crippen LogP contribution in [0.15, 0.2) is 24.3 Å². The predicted octanol–water partition coefficient (Wildman–Crippen LogP) is 2.81. The molecule has 2 aromatic rings. The zero-order chi connectivity index (χ0) is 15.4. The average molecular weight is 404 g/mol. The first kappa shape index (κ1) is 15.4. The van der Waals surface area contributed by atoms with Crippen LogP contribution in [0.4, 0.5) is 4.39 Å². The molecule has 0 saturated heterocycles. The Morgan fingerprint density at radius 1 is 1.19 bits per heavy atom. The maximum Gasteiger partial charge on any atom is 0.343 e. The number of ether oxygens (including phenoxy) is 3. The maximum atomic E-state index is 13.3. The third-order valence-corrected chi connectivity index (χ3v) is 2.99. The van der Waals surface area contributed by atoms with Crippen LogP contribution in [0, 0.1) is 9.52 Å². The first-order chi connectivity index (χ1) is 10.0. The molecule has 0 saturated carbocycles. The van der Waals surface area contributed by atoms with Crippen LogP contribution in [0.2, 0.25) is 0 Å². The number of halogens is 2. The normalized spacial score (nSPS) is 10.1. The highest BCUT2D eigenvalue weighted by Crippen LogP contribution is 2.32. The van der Waals surface area contributed by atoms with E-state index in [2.05, 4.69) is 14.9 Å². The molecule has 2 rings (SSSR count). The molecule has 8 heteroatoms. The van der Waals surface area contributed by atoms with Crippen molar-refractivity contribution in [3.63, 3.8) is 0 Å². The molecular weight excluding hydrogens is 394 g/mol. The third kappa shape index (κ3) is 3.57. The van der Waals surface area contributed by atoms with Crippen LogP contribution in [-0.4, -0.2) is 30.4 Å². The molecule has 0 radical (unpaired) electrons.